The van der Waals surface area contributed by atoms with E-state index in [1.165, 1.54) is 4.31 Å². The Morgan fingerprint density at radius 2 is 1.82 bits per heavy atom. The van der Waals surface area contributed by atoms with Gasteiger partial charge in [-0.05, 0) is 68.3 Å². The molecule has 1 N–H and O–H groups in total. The van der Waals surface area contributed by atoms with Crippen molar-refractivity contribution in [1.82, 2.24) is 4.31 Å². The molecular formula is C22H27F3NO6S2+. The summed E-state index contributed by atoms with van der Waals surface area (Å²) in [7, 11) is -3.92. The number of alkyl halides is 3. The van der Waals surface area contributed by atoms with E-state index in [2.05, 4.69) is 4.74 Å². The Bertz CT molecular complexity index is 1080. The Hall–Kier alpha value is -2.44. The summed E-state index contributed by atoms with van der Waals surface area (Å²) in [6.07, 6.45) is -4.30. The molecule has 0 saturated carbocycles. The summed E-state index contributed by atoms with van der Waals surface area (Å²) in [5, 5.41) is 8.64. The maximum Gasteiger partial charge on any atom is 0.573 e. The standard InChI is InChI=1S/C22H26F3NO6S2/c1-4-11-26(34(29,30)19-8-5-17(6-9-19)32-22(23,24)25)13-16(3)33-18-7-10-20(15(2)12-18)31-14-21(27)28/h5-10,12,16H,4,11,13-14H2,1-3H3,(H,27,28)/p+1/t16-/m1/s1. The van der Waals surface area contributed by atoms with E-state index in [9.17, 15) is 26.4 Å². The molecule has 7 nitrogen and oxygen atoms in total. The molecule has 1 atom stereocenters. The number of halogens is 3. The molecule has 0 radical (unpaired) electrons. The first-order valence-corrected chi connectivity index (χ1v) is 12.7. The molecule has 0 spiro atoms. The van der Waals surface area contributed by atoms with Crippen LogP contribution >= 0.6 is 0 Å². The Balaban J connectivity index is 2.11. The monoisotopic (exact) mass is 522 g/mol. The number of ether oxygens (including phenoxy) is 2. The van der Waals surface area contributed by atoms with Gasteiger partial charge in [-0.1, -0.05) is 6.92 Å². The smallest absolute Gasteiger partial charge is 0.482 e. The van der Waals surface area contributed by atoms with Gasteiger partial charge in [-0.25, -0.2) is 13.2 Å². The molecule has 34 heavy (non-hydrogen) atoms. The fourth-order valence-corrected chi connectivity index (χ4v) is 6.07. The van der Waals surface area contributed by atoms with Gasteiger partial charge in [-0.15, -0.1) is 13.2 Å². The van der Waals surface area contributed by atoms with E-state index in [1.807, 2.05) is 19.9 Å². The molecule has 2 rings (SSSR count). The third-order valence-corrected chi connectivity index (χ3v) is 7.57. The van der Waals surface area contributed by atoms with Crippen LogP contribution in [0, 0.1) is 6.92 Å². The van der Waals surface area contributed by atoms with Crippen LogP contribution in [-0.2, 0) is 26.6 Å². The SMILES string of the molecule is CCCN(C[C@@H](C)[SH+]c1ccc(OCC(=O)O)c(C)c1)S(=O)(=O)c1ccc(OC(F)(F)F)cc1. The lowest BCUT2D eigenvalue weighted by Crippen LogP contribution is -2.37. The molecule has 0 aliphatic heterocycles. The zero-order valence-corrected chi connectivity index (χ0v) is 20.6. The number of nitrogens with zero attached hydrogens (tertiary/aromatic N) is 1. The third-order valence-electron chi connectivity index (χ3n) is 4.52. The Morgan fingerprint density at radius 1 is 1.18 bits per heavy atom. The lowest BCUT2D eigenvalue weighted by Gasteiger charge is -2.22. The third kappa shape index (κ3) is 8.41. The molecule has 0 unspecified atom stereocenters. The molecule has 12 heteroatoms. The number of carboxylic acid groups (broad SMARTS) is 1. The van der Waals surface area contributed by atoms with E-state index in [0.29, 0.717) is 12.2 Å². The topological polar surface area (TPSA) is 93.1 Å². The van der Waals surface area contributed by atoms with Gasteiger partial charge in [-0.2, -0.15) is 4.31 Å². The zero-order valence-electron chi connectivity index (χ0n) is 18.9. The highest BCUT2D eigenvalue weighted by Crippen LogP contribution is 2.26. The molecule has 0 bridgehead atoms. The molecule has 2 aromatic carbocycles. The molecule has 0 saturated heterocycles. The van der Waals surface area contributed by atoms with Crippen molar-refractivity contribution in [3.05, 3.63) is 48.0 Å². The minimum absolute atomic E-state index is 0.0978. The fraction of sp³-hybridized carbons (Fsp3) is 0.409. The van der Waals surface area contributed by atoms with Gasteiger partial charge in [0.25, 0.3) is 0 Å². The summed E-state index contributed by atoms with van der Waals surface area (Å²) in [5.41, 5.74) is 0.762. The van der Waals surface area contributed by atoms with Crippen LogP contribution in [-0.4, -0.2) is 55.1 Å². The number of benzene rings is 2. The van der Waals surface area contributed by atoms with E-state index in [1.54, 1.807) is 19.1 Å². The largest absolute Gasteiger partial charge is 0.573 e. The highest BCUT2D eigenvalue weighted by atomic mass is 32.2. The van der Waals surface area contributed by atoms with Crippen molar-refractivity contribution in [1.29, 1.82) is 0 Å². The number of rotatable bonds is 12. The first kappa shape index (κ1) is 27.8. The number of carbonyl (C=O) groups is 1. The maximum atomic E-state index is 13.1. The molecule has 0 amide bonds. The van der Waals surface area contributed by atoms with Crippen LogP contribution < -0.4 is 9.47 Å². The molecule has 0 heterocycles. The van der Waals surface area contributed by atoms with Crippen molar-refractivity contribution in [2.45, 2.75) is 48.6 Å². The average molecular weight is 523 g/mol. The van der Waals surface area contributed by atoms with Crippen molar-refractivity contribution in [3.63, 3.8) is 0 Å². The maximum absolute atomic E-state index is 13.1. The molecule has 0 aromatic heterocycles. The van der Waals surface area contributed by atoms with Gasteiger partial charge in [0.15, 0.2) is 11.5 Å². The van der Waals surface area contributed by atoms with Gasteiger partial charge in [0.2, 0.25) is 10.0 Å². The van der Waals surface area contributed by atoms with Crippen LogP contribution in [0.15, 0.2) is 52.3 Å². The molecule has 0 aliphatic carbocycles. The van der Waals surface area contributed by atoms with Gasteiger partial charge in [0, 0.05) is 18.3 Å². The van der Waals surface area contributed by atoms with Crippen LogP contribution in [0.5, 0.6) is 11.5 Å². The van der Waals surface area contributed by atoms with Crippen LogP contribution in [0.3, 0.4) is 0 Å². The zero-order chi connectivity index (χ0) is 25.5. The summed E-state index contributed by atoms with van der Waals surface area (Å²) in [6.45, 7) is 5.54. The van der Waals surface area contributed by atoms with Crippen molar-refractivity contribution >= 4 is 27.8 Å². The van der Waals surface area contributed by atoms with Crippen LogP contribution in [0.4, 0.5) is 13.2 Å². The molecule has 0 fully saturated rings. The number of thiol groups is 1. The van der Waals surface area contributed by atoms with Gasteiger partial charge in [0.1, 0.15) is 16.7 Å². The Kier molecular flexibility index (Phi) is 9.65. The van der Waals surface area contributed by atoms with Crippen LogP contribution in [0.25, 0.3) is 0 Å². The number of sulfonamides is 1. The second-order valence-corrected chi connectivity index (χ2v) is 11.1. The summed E-state index contributed by atoms with van der Waals surface area (Å²) >= 11 is 0.856. The molecule has 188 valence electrons. The molecule has 2 aromatic rings. The van der Waals surface area contributed by atoms with Crippen molar-refractivity contribution in [3.8, 4) is 11.5 Å². The number of aryl methyl sites for hydroxylation is 1. The fourth-order valence-electron chi connectivity index (χ4n) is 3.13. The second-order valence-electron chi connectivity index (χ2n) is 7.49. The summed E-state index contributed by atoms with van der Waals surface area (Å²) < 4.78 is 73.7. The van der Waals surface area contributed by atoms with Crippen molar-refractivity contribution in [2.24, 2.45) is 0 Å². The van der Waals surface area contributed by atoms with Crippen molar-refractivity contribution in [2.75, 3.05) is 19.7 Å². The molecular weight excluding hydrogens is 495 g/mol. The number of hydrogen-bond donors (Lipinski definition) is 1. The lowest BCUT2D eigenvalue weighted by molar-refractivity contribution is -0.274. The number of hydrogen-bond acceptors (Lipinski definition) is 5. The predicted molar refractivity (Wildman–Crippen MR) is 123 cm³/mol. The second kappa shape index (κ2) is 11.8. The lowest BCUT2D eigenvalue weighted by atomic mass is 10.2. The Labute approximate surface area is 200 Å². The van der Waals surface area contributed by atoms with Gasteiger partial charge < -0.3 is 14.6 Å². The normalized spacial score (nSPS) is 13.0. The van der Waals surface area contributed by atoms with Crippen molar-refractivity contribution < 1.29 is 41.0 Å². The van der Waals surface area contributed by atoms with E-state index in [4.69, 9.17) is 9.84 Å². The van der Waals surface area contributed by atoms with Gasteiger partial charge in [0.05, 0.1) is 11.4 Å². The van der Waals surface area contributed by atoms with E-state index < -0.39 is 34.7 Å². The number of aliphatic carboxylic acids is 1. The van der Waals surface area contributed by atoms with Crippen LogP contribution in [0.2, 0.25) is 0 Å². The van der Waals surface area contributed by atoms with Gasteiger partial charge >= 0.3 is 12.3 Å². The van der Waals surface area contributed by atoms with E-state index in [0.717, 1.165) is 46.5 Å². The predicted octanol–water partition coefficient (Wildman–Crippen LogP) is 4.02. The minimum atomic E-state index is -4.86. The minimum Gasteiger partial charge on any atom is -0.482 e. The summed E-state index contributed by atoms with van der Waals surface area (Å²) in [6, 6.07) is 9.47. The Morgan fingerprint density at radius 3 is 2.35 bits per heavy atom. The van der Waals surface area contributed by atoms with E-state index >= 15 is 0 Å². The van der Waals surface area contributed by atoms with E-state index in [-0.39, 0.29) is 23.2 Å². The average Bonchev–Trinajstić information content (AvgIpc) is 2.72. The summed E-state index contributed by atoms with van der Waals surface area (Å²) in [4.78, 5) is 11.5. The first-order chi connectivity index (χ1) is 15.8. The number of carboxylic acids is 1. The quantitative estimate of drug-likeness (QED) is 0.334. The van der Waals surface area contributed by atoms with Crippen LogP contribution in [0.1, 0.15) is 25.8 Å². The highest BCUT2D eigenvalue weighted by Gasteiger charge is 2.32. The summed E-state index contributed by atoms with van der Waals surface area (Å²) in [5.74, 6) is -1.11. The highest BCUT2D eigenvalue weighted by molar-refractivity contribution is 7.89. The molecule has 0 aliphatic rings. The van der Waals surface area contributed by atoms with Gasteiger partial charge in [-0.3, -0.25) is 0 Å². The first-order valence-electron chi connectivity index (χ1n) is 10.3.